The second-order valence-corrected chi connectivity index (χ2v) is 8.36. The van der Waals surface area contributed by atoms with Gasteiger partial charge in [-0.25, -0.2) is 4.79 Å². The van der Waals surface area contributed by atoms with Crippen LogP contribution in [0.3, 0.4) is 0 Å². The van der Waals surface area contributed by atoms with Crippen molar-refractivity contribution in [2.75, 3.05) is 25.0 Å². The smallest absolute Gasteiger partial charge is 0.410 e. The first-order valence-corrected chi connectivity index (χ1v) is 8.44. The van der Waals surface area contributed by atoms with Gasteiger partial charge in [0.05, 0.1) is 6.04 Å². The Morgan fingerprint density at radius 3 is 2.04 bits per heavy atom. The SMILES string of the molecule is CN(C(=O)OC(C)(C)C)C1CN(c2ccc(OC(C)(C)C)cc2)C1. The molecule has 0 saturated carbocycles. The lowest BCUT2D eigenvalue weighted by molar-refractivity contribution is 0.0197. The van der Waals surface area contributed by atoms with E-state index in [1.54, 1.807) is 11.9 Å². The summed E-state index contributed by atoms with van der Waals surface area (Å²) >= 11 is 0. The molecular weight excluding hydrogens is 304 g/mol. The number of ether oxygens (including phenoxy) is 2. The summed E-state index contributed by atoms with van der Waals surface area (Å²) in [6.45, 7) is 13.4. The average molecular weight is 334 g/mol. The van der Waals surface area contributed by atoms with E-state index in [0.29, 0.717) is 0 Å². The minimum atomic E-state index is -0.461. The fourth-order valence-electron chi connectivity index (χ4n) is 2.47. The van der Waals surface area contributed by atoms with Crippen LogP contribution in [0.15, 0.2) is 24.3 Å². The van der Waals surface area contributed by atoms with E-state index in [9.17, 15) is 4.79 Å². The fourth-order valence-corrected chi connectivity index (χ4v) is 2.47. The molecule has 1 aromatic rings. The largest absolute Gasteiger partial charge is 0.488 e. The van der Waals surface area contributed by atoms with Crippen LogP contribution < -0.4 is 9.64 Å². The number of nitrogens with zero attached hydrogens (tertiary/aromatic N) is 2. The molecule has 0 bridgehead atoms. The van der Waals surface area contributed by atoms with E-state index in [4.69, 9.17) is 9.47 Å². The monoisotopic (exact) mass is 334 g/mol. The quantitative estimate of drug-likeness (QED) is 0.840. The van der Waals surface area contributed by atoms with Crippen molar-refractivity contribution in [3.05, 3.63) is 24.3 Å². The molecule has 1 aliphatic rings. The number of amides is 1. The summed E-state index contributed by atoms with van der Waals surface area (Å²) < 4.78 is 11.2. The number of likely N-dealkylation sites (N-methyl/N-ethyl adjacent to an activating group) is 1. The molecule has 24 heavy (non-hydrogen) atoms. The molecule has 0 N–H and O–H groups in total. The molecule has 0 radical (unpaired) electrons. The van der Waals surface area contributed by atoms with Crippen molar-refractivity contribution in [2.24, 2.45) is 0 Å². The maximum atomic E-state index is 12.1. The molecule has 5 heteroatoms. The molecule has 1 heterocycles. The Balaban J connectivity index is 1.87. The molecule has 0 aliphatic carbocycles. The van der Waals surface area contributed by atoms with E-state index >= 15 is 0 Å². The first kappa shape index (κ1) is 18.4. The highest BCUT2D eigenvalue weighted by Gasteiger charge is 2.34. The minimum Gasteiger partial charge on any atom is -0.488 e. The van der Waals surface area contributed by atoms with Crippen molar-refractivity contribution in [2.45, 2.75) is 58.8 Å². The van der Waals surface area contributed by atoms with E-state index in [0.717, 1.165) is 24.5 Å². The van der Waals surface area contributed by atoms with Crippen LogP contribution in [0.4, 0.5) is 10.5 Å². The molecule has 0 atom stereocenters. The van der Waals surface area contributed by atoms with Crippen molar-refractivity contribution in [1.82, 2.24) is 4.90 Å². The van der Waals surface area contributed by atoms with Crippen molar-refractivity contribution in [3.8, 4) is 5.75 Å². The zero-order valence-electron chi connectivity index (χ0n) is 15.9. The lowest BCUT2D eigenvalue weighted by atomic mass is 10.1. The average Bonchev–Trinajstić information content (AvgIpc) is 2.35. The van der Waals surface area contributed by atoms with Crippen LogP contribution in [0.1, 0.15) is 41.5 Å². The van der Waals surface area contributed by atoms with Gasteiger partial charge < -0.3 is 19.3 Å². The van der Waals surface area contributed by atoms with Gasteiger partial charge in [0.1, 0.15) is 17.0 Å². The maximum absolute atomic E-state index is 12.1. The summed E-state index contributed by atoms with van der Waals surface area (Å²) in [5.74, 6) is 0.870. The Labute approximate surface area is 145 Å². The number of hydrogen-bond donors (Lipinski definition) is 0. The number of carbonyl (C=O) groups is 1. The van der Waals surface area contributed by atoms with Crippen molar-refractivity contribution in [1.29, 1.82) is 0 Å². The Kier molecular flexibility index (Phi) is 5.02. The molecule has 1 aliphatic heterocycles. The van der Waals surface area contributed by atoms with Crippen LogP contribution in [0.25, 0.3) is 0 Å². The minimum absolute atomic E-state index is 0.186. The number of anilines is 1. The van der Waals surface area contributed by atoms with Crippen molar-refractivity contribution in [3.63, 3.8) is 0 Å². The van der Waals surface area contributed by atoms with Crippen LogP contribution >= 0.6 is 0 Å². The van der Waals surface area contributed by atoms with Gasteiger partial charge in [-0.3, -0.25) is 0 Å². The number of hydrogen-bond acceptors (Lipinski definition) is 4. The molecule has 1 fully saturated rings. The van der Waals surface area contributed by atoms with Crippen LogP contribution in [0, 0.1) is 0 Å². The molecule has 5 nitrogen and oxygen atoms in total. The van der Waals surface area contributed by atoms with Gasteiger partial charge in [0.2, 0.25) is 0 Å². The van der Waals surface area contributed by atoms with Crippen molar-refractivity contribution >= 4 is 11.8 Å². The highest BCUT2D eigenvalue weighted by molar-refractivity contribution is 5.69. The van der Waals surface area contributed by atoms with Crippen molar-refractivity contribution < 1.29 is 14.3 Å². The standard InChI is InChI=1S/C19H30N2O3/c1-18(2,3)23-16-10-8-14(9-11-16)21-12-15(13-21)20(7)17(22)24-19(4,5)6/h8-11,15H,12-13H2,1-7H3. The van der Waals surface area contributed by atoms with E-state index in [2.05, 4.69) is 17.0 Å². The molecule has 1 amide bonds. The van der Waals surface area contributed by atoms with E-state index in [1.807, 2.05) is 53.7 Å². The van der Waals surface area contributed by atoms with Gasteiger partial charge in [-0.15, -0.1) is 0 Å². The number of benzene rings is 1. The molecular formula is C19H30N2O3. The summed E-state index contributed by atoms with van der Waals surface area (Å²) in [5.41, 5.74) is 0.488. The van der Waals surface area contributed by atoms with E-state index in [1.165, 1.54) is 0 Å². The van der Waals surface area contributed by atoms with Gasteiger partial charge in [0, 0.05) is 25.8 Å². The third kappa shape index (κ3) is 5.05. The Morgan fingerprint density at radius 2 is 1.58 bits per heavy atom. The number of rotatable bonds is 3. The summed E-state index contributed by atoms with van der Waals surface area (Å²) in [4.78, 5) is 16.0. The van der Waals surface area contributed by atoms with Crippen LogP contribution in [-0.4, -0.2) is 48.4 Å². The fraction of sp³-hybridized carbons (Fsp3) is 0.632. The molecule has 1 aromatic carbocycles. The van der Waals surface area contributed by atoms with Gasteiger partial charge in [-0.1, -0.05) is 0 Å². The zero-order valence-corrected chi connectivity index (χ0v) is 15.9. The highest BCUT2D eigenvalue weighted by Crippen LogP contribution is 2.27. The van der Waals surface area contributed by atoms with E-state index in [-0.39, 0.29) is 17.7 Å². The van der Waals surface area contributed by atoms with Crippen LogP contribution in [0.5, 0.6) is 5.75 Å². The Morgan fingerprint density at radius 1 is 1.04 bits per heavy atom. The summed E-state index contributed by atoms with van der Waals surface area (Å²) in [6.07, 6.45) is -0.263. The van der Waals surface area contributed by atoms with Gasteiger partial charge >= 0.3 is 6.09 Å². The third-order valence-electron chi connectivity index (χ3n) is 3.72. The normalized spacial score (nSPS) is 15.7. The molecule has 0 aromatic heterocycles. The van der Waals surface area contributed by atoms with Crippen LogP contribution in [-0.2, 0) is 4.74 Å². The van der Waals surface area contributed by atoms with Gasteiger partial charge in [0.25, 0.3) is 0 Å². The summed E-state index contributed by atoms with van der Waals surface area (Å²) in [7, 11) is 1.80. The maximum Gasteiger partial charge on any atom is 0.410 e. The molecule has 0 unspecified atom stereocenters. The van der Waals surface area contributed by atoms with Gasteiger partial charge in [-0.05, 0) is 65.8 Å². The highest BCUT2D eigenvalue weighted by atomic mass is 16.6. The summed E-state index contributed by atoms with van der Waals surface area (Å²) in [6, 6.07) is 8.29. The second kappa shape index (κ2) is 6.54. The first-order valence-electron chi connectivity index (χ1n) is 8.44. The molecule has 1 saturated heterocycles. The van der Waals surface area contributed by atoms with Gasteiger partial charge in [-0.2, -0.15) is 0 Å². The number of carbonyl (C=O) groups excluding carboxylic acids is 1. The second-order valence-electron chi connectivity index (χ2n) is 8.36. The molecule has 0 spiro atoms. The van der Waals surface area contributed by atoms with Crippen LogP contribution in [0.2, 0.25) is 0 Å². The first-order chi connectivity index (χ1) is 10.9. The Bertz CT molecular complexity index is 564. The zero-order chi connectivity index (χ0) is 18.1. The predicted molar refractivity (Wildman–Crippen MR) is 96.8 cm³/mol. The Hall–Kier alpha value is -1.91. The van der Waals surface area contributed by atoms with Gasteiger partial charge in [0.15, 0.2) is 0 Å². The lowest BCUT2D eigenvalue weighted by Gasteiger charge is -2.45. The molecule has 2 rings (SSSR count). The molecule has 134 valence electrons. The van der Waals surface area contributed by atoms with E-state index < -0.39 is 5.60 Å². The third-order valence-corrected chi connectivity index (χ3v) is 3.72. The summed E-state index contributed by atoms with van der Waals surface area (Å²) in [5, 5.41) is 0. The topological polar surface area (TPSA) is 42.0 Å². The predicted octanol–water partition coefficient (Wildman–Crippen LogP) is 3.92. The lowest BCUT2D eigenvalue weighted by Crippen LogP contribution is -2.60.